The first-order chi connectivity index (χ1) is 10.9. The molecule has 1 fully saturated rings. The minimum absolute atomic E-state index is 0.121. The van der Waals surface area contributed by atoms with Crippen molar-refractivity contribution in [3.05, 3.63) is 38.7 Å². The molecule has 0 saturated carbocycles. The molecule has 7 heteroatoms. The van der Waals surface area contributed by atoms with E-state index >= 15 is 0 Å². The normalized spacial score (nSPS) is 26.8. The summed E-state index contributed by atoms with van der Waals surface area (Å²) in [5.74, 6) is -0.234. The molecule has 2 aliphatic rings. The number of thioether (sulfide) groups is 1. The average molecular weight is 371 g/mol. The predicted molar refractivity (Wildman–Crippen MR) is 96.1 cm³/mol. The van der Waals surface area contributed by atoms with E-state index in [0.29, 0.717) is 15.0 Å². The Kier molecular flexibility index (Phi) is 5.01. The second-order valence-corrected chi connectivity index (χ2v) is 7.49. The van der Waals surface area contributed by atoms with Gasteiger partial charge in [0.25, 0.3) is 5.91 Å². The van der Waals surface area contributed by atoms with Crippen LogP contribution in [0.2, 0.25) is 10.0 Å². The summed E-state index contributed by atoms with van der Waals surface area (Å²) in [5, 5.41) is 1.81. The van der Waals surface area contributed by atoms with Gasteiger partial charge in [0.1, 0.15) is 0 Å². The lowest BCUT2D eigenvalue weighted by Gasteiger charge is -2.35. The van der Waals surface area contributed by atoms with Crippen molar-refractivity contribution in [1.82, 2.24) is 4.90 Å². The van der Waals surface area contributed by atoms with Crippen LogP contribution in [-0.2, 0) is 9.53 Å². The highest BCUT2D eigenvalue weighted by Gasteiger charge is 2.31. The standard InChI is InChI=1S/C16H16Cl2N2O2S/c1-9-7-20(8-10(2)22-9)16-19-15(21)14(23-16)5-11-3-4-12(17)6-13(11)18/h3-6,9-10H,7-8H2,1-2H3/b14-5-. The van der Waals surface area contributed by atoms with E-state index in [1.807, 2.05) is 13.8 Å². The molecule has 4 nitrogen and oxygen atoms in total. The molecule has 23 heavy (non-hydrogen) atoms. The quantitative estimate of drug-likeness (QED) is 0.698. The summed E-state index contributed by atoms with van der Waals surface area (Å²) in [6.45, 7) is 5.51. The van der Waals surface area contributed by atoms with E-state index < -0.39 is 0 Å². The SMILES string of the molecule is CC1CN(C2=NC(=O)/C(=C/c3ccc(Cl)cc3Cl)S2)CC(C)O1. The van der Waals surface area contributed by atoms with Gasteiger partial charge in [-0.1, -0.05) is 29.3 Å². The number of amidine groups is 1. The van der Waals surface area contributed by atoms with Gasteiger partial charge >= 0.3 is 0 Å². The first kappa shape index (κ1) is 16.8. The number of amides is 1. The summed E-state index contributed by atoms with van der Waals surface area (Å²) in [6, 6.07) is 5.20. The summed E-state index contributed by atoms with van der Waals surface area (Å²) in [7, 11) is 0. The lowest BCUT2D eigenvalue weighted by Crippen LogP contribution is -2.47. The van der Waals surface area contributed by atoms with Gasteiger partial charge in [-0.05, 0) is 49.4 Å². The second-order valence-electron chi connectivity index (χ2n) is 5.64. The Balaban J connectivity index is 1.78. The fourth-order valence-corrected chi connectivity index (χ4v) is 4.01. The number of rotatable bonds is 1. The third-order valence-electron chi connectivity index (χ3n) is 3.55. The smallest absolute Gasteiger partial charge is 0.286 e. The minimum Gasteiger partial charge on any atom is -0.372 e. The largest absolute Gasteiger partial charge is 0.372 e. The Morgan fingerprint density at radius 3 is 2.65 bits per heavy atom. The van der Waals surface area contributed by atoms with Crippen LogP contribution in [0.4, 0.5) is 0 Å². The van der Waals surface area contributed by atoms with E-state index in [2.05, 4.69) is 9.89 Å². The number of halogens is 2. The maximum absolute atomic E-state index is 12.2. The first-order valence-electron chi connectivity index (χ1n) is 7.30. The lowest BCUT2D eigenvalue weighted by molar-refractivity contribution is -0.113. The van der Waals surface area contributed by atoms with Crippen LogP contribution in [0.15, 0.2) is 28.1 Å². The number of carbonyl (C=O) groups is 1. The van der Waals surface area contributed by atoms with Crippen molar-refractivity contribution in [1.29, 1.82) is 0 Å². The van der Waals surface area contributed by atoms with Gasteiger partial charge in [0.05, 0.1) is 17.1 Å². The third kappa shape index (κ3) is 3.91. The summed E-state index contributed by atoms with van der Waals surface area (Å²) in [5.41, 5.74) is 0.757. The highest BCUT2D eigenvalue weighted by atomic mass is 35.5. The van der Waals surface area contributed by atoms with E-state index in [9.17, 15) is 4.79 Å². The van der Waals surface area contributed by atoms with Crippen molar-refractivity contribution in [3.63, 3.8) is 0 Å². The van der Waals surface area contributed by atoms with Gasteiger partial charge in [-0.2, -0.15) is 4.99 Å². The van der Waals surface area contributed by atoms with Gasteiger partial charge in [0.15, 0.2) is 5.17 Å². The highest BCUT2D eigenvalue weighted by Crippen LogP contribution is 2.33. The van der Waals surface area contributed by atoms with Gasteiger partial charge in [-0.3, -0.25) is 4.79 Å². The molecule has 0 spiro atoms. The number of hydrogen-bond donors (Lipinski definition) is 0. The lowest BCUT2D eigenvalue weighted by atomic mass is 10.2. The third-order valence-corrected chi connectivity index (χ3v) is 5.16. The number of ether oxygens (including phenoxy) is 1. The maximum Gasteiger partial charge on any atom is 0.286 e. The van der Waals surface area contributed by atoms with Crippen molar-refractivity contribution < 1.29 is 9.53 Å². The summed E-state index contributed by atoms with van der Waals surface area (Å²) < 4.78 is 5.72. The Labute approximate surface area is 149 Å². The fraction of sp³-hybridized carbons (Fsp3) is 0.375. The molecule has 2 aliphatic heterocycles. The van der Waals surface area contributed by atoms with Crippen LogP contribution in [0.5, 0.6) is 0 Å². The van der Waals surface area contributed by atoms with Crippen LogP contribution < -0.4 is 0 Å². The summed E-state index contributed by atoms with van der Waals surface area (Å²) in [6.07, 6.45) is 2.00. The van der Waals surface area contributed by atoms with Gasteiger partial charge in [0, 0.05) is 23.1 Å². The molecule has 0 aliphatic carbocycles. The monoisotopic (exact) mass is 370 g/mol. The molecule has 2 atom stereocenters. The van der Waals surface area contributed by atoms with Crippen molar-refractivity contribution in [2.75, 3.05) is 13.1 Å². The number of benzene rings is 1. The molecule has 1 amide bonds. The van der Waals surface area contributed by atoms with Crippen LogP contribution in [0, 0.1) is 0 Å². The van der Waals surface area contributed by atoms with Crippen molar-refractivity contribution in [2.24, 2.45) is 4.99 Å². The van der Waals surface area contributed by atoms with Gasteiger partial charge < -0.3 is 9.64 Å². The van der Waals surface area contributed by atoms with E-state index in [1.54, 1.807) is 24.3 Å². The molecule has 0 bridgehead atoms. The van der Waals surface area contributed by atoms with Crippen LogP contribution >= 0.6 is 35.0 Å². The fourth-order valence-electron chi connectivity index (χ4n) is 2.63. The molecule has 3 rings (SSSR count). The van der Waals surface area contributed by atoms with E-state index in [4.69, 9.17) is 27.9 Å². The van der Waals surface area contributed by atoms with Crippen LogP contribution in [0.3, 0.4) is 0 Å². The Bertz CT molecular complexity index is 695. The second kappa shape index (κ2) is 6.85. The zero-order valence-corrected chi connectivity index (χ0v) is 15.1. The zero-order valence-electron chi connectivity index (χ0n) is 12.8. The Morgan fingerprint density at radius 2 is 2.00 bits per heavy atom. The number of hydrogen-bond acceptors (Lipinski definition) is 4. The average Bonchev–Trinajstić information content (AvgIpc) is 2.82. The Hall–Kier alpha value is -1.01. The Morgan fingerprint density at radius 1 is 1.30 bits per heavy atom. The predicted octanol–water partition coefficient (Wildman–Crippen LogP) is 4.07. The molecular formula is C16H16Cl2N2O2S. The number of carbonyl (C=O) groups excluding carboxylic acids is 1. The molecule has 2 heterocycles. The van der Waals surface area contributed by atoms with Crippen molar-refractivity contribution >= 4 is 52.1 Å². The number of nitrogens with zero attached hydrogens (tertiary/aromatic N) is 2. The van der Waals surface area contributed by atoms with Gasteiger partial charge in [0.2, 0.25) is 0 Å². The van der Waals surface area contributed by atoms with Crippen LogP contribution in [0.25, 0.3) is 6.08 Å². The summed E-state index contributed by atoms with van der Waals surface area (Å²) in [4.78, 5) is 19.0. The number of morpholine rings is 1. The molecule has 2 unspecified atom stereocenters. The van der Waals surface area contributed by atoms with Crippen molar-refractivity contribution in [3.8, 4) is 0 Å². The van der Waals surface area contributed by atoms with Crippen LogP contribution in [0.1, 0.15) is 19.4 Å². The van der Waals surface area contributed by atoms with E-state index in [-0.39, 0.29) is 18.1 Å². The zero-order chi connectivity index (χ0) is 16.6. The molecule has 0 aromatic heterocycles. The molecule has 1 saturated heterocycles. The van der Waals surface area contributed by atoms with Crippen molar-refractivity contribution in [2.45, 2.75) is 26.1 Å². The maximum atomic E-state index is 12.2. The van der Waals surface area contributed by atoms with Gasteiger partial charge in [-0.15, -0.1) is 0 Å². The number of aliphatic imine (C=N–C) groups is 1. The highest BCUT2D eigenvalue weighted by molar-refractivity contribution is 8.18. The van der Waals surface area contributed by atoms with E-state index in [0.717, 1.165) is 23.8 Å². The molecule has 0 radical (unpaired) electrons. The van der Waals surface area contributed by atoms with E-state index in [1.165, 1.54) is 11.8 Å². The molecular weight excluding hydrogens is 355 g/mol. The molecule has 1 aromatic rings. The van der Waals surface area contributed by atoms with Gasteiger partial charge in [-0.25, -0.2) is 0 Å². The first-order valence-corrected chi connectivity index (χ1v) is 8.87. The molecule has 1 aromatic carbocycles. The topological polar surface area (TPSA) is 41.9 Å². The minimum atomic E-state index is -0.234. The summed E-state index contributed by atoms with van der Waals surface area (Å²) >= 11 is 13.4. The van der Waals surface area contributed by atoms with Crippen LogP contribution in [-0.4, -0.2) is 41.3 Å². The molecule has 0 N–H and O–H groups in total. The molecule has 122 valence electrons.